The summed E-state index contributed by atoms with van der Waals surface area (Å²) in [6.45, 7) is 3.47. The molecular formula is C30H35N5O3. The third-order valence-corrected chi connectivity index (χ3v) is 8.19. The van der Waals surface area contributed by atoms with Gasteiger partial charge in [0.25, 0.3) is 5.91 Å². The summed E-state index contributed by atoms with van der Waals surface area (Å²) < 4.78 is 1.95. The number of benzene rings is 2. The molecule has 3 amide bonds. The van der Waals surface area contributed by atoms with E-state index in [2.05, 4.69) is 10.3 Å². The van der Waals surface area contributed by atoms with Crippen LogP contribution in [0.3, 0.4) is 0 Å². The number of hydrogen-bond donors (Lipinski definition) is 1. The van der Waals surface area contributed by atoms with Crippen molar-refractivity contribution >= 4 is 17.7 Å². The molecule has 1 aliphatic heterocycles. The van der Waals surface area contributed by atoms with E-state index in [1.807, 2.05) is 57.9 Å². The standard InChI is InChI=1S/C30H35N5O3/c1-22(32-27(36)24-7-4-3-5-8-24)28(37)34-17-15-30(20-34)14-6-9-26(30)29(38)33(2)19-23-10-12-25(13-11-23)35-18-16-31-21-35/h3-5,7-8,10-13,16,18,21-22,26H,6,9,14-15,17,19-20H2,1-2H3,(H,32,36). The van der Waals surface area contributed by atoms with E-state index >= 15 is 0 Å². The topological polar surface area (TPSA) is 87.5 Å². The molecule has 3 atom stereocenters. The fourth-order valence-electron chi connectivity index (χ4n) is 6.10. The molecule has 0 radical (unpaired) electrons. The molecule has 1 aromatic heterocycles. The molecule has 2 aliphatic rings. The Hall–Kier alpha value is -3.94. The van der Waals surface area contributed by atoms with E-state index < -0.39 is 6.04 Å². The number of likely N-dealkylation sites (tertiary alicyclic amines) is 1. The van der Waals surface area contributed by atoms with Crippen molar-refractivity contribution in [2.75, 3.05) is 20.1 Å². The van der Waals surface area contributed by atoms with Gasteiger partial charge >= 0.3 is 0 Å². The van der Waals surface area contributed by atoms with Crippen LogP contribution in [-0.2, 0) is 16.1 Å². The van der Waals surface area contributed by atoms with Gasteiger partial charge in [-0.25, -0.2) is 4.98 Å². The molecule has 1 aliphatic carbocycles. The normalized spacial score (nSPS) is 21.4. The molecule has 2 heterocycles. The van der Waals surface area contributed by atoms with Gasteiger partial charge in [-0.05, 0) is 56.0 Å². The lowest BCUT2D eigenvalue weighted by molar-refractivity contribution is -0.139. The first-order valence-electron chi connectivity index (χ1n) is 13.3. The lowest BCUT2D eigenvalue weighted by atomic mass is 9.76. The number of carbonyl (C=O) groups is 3. The van der Waals surface area contributed by atoms with Crippen molar-refractivity contribution in [2.24, 2.45) is 11.3 Å². The van der Waals surface area contributed by atoms with E-state index in [0.717, 1.165) is 36.9 Å². The maximum atomic E-state index is 13.6. The third kappa shape index (κ3) is 5.21. The van der Waals surface area contributed by atoms with Gasteiger partial charge in [-0.1, -0.05) is 36.8 Å². The highest BCUT2D eigenvalue weighted by molar-refractivity contribution is 5.97. The molecule has 198 valence electrons. The van der Waals surface area contributed by atoms with Gasteiger partial charge in [-0.3, -0.25) is 14.4 Å². The van der Waals surface area contributed by atoms with Crippen LogP contribution in [0.4, 0.5) is 0 Å². The molecule has 3 unspecified atom stereocenters. The highest BCUT2D eigenvalue weighted by atomic mass is 16.2. The summed E-state index contributed by atoms with van der Waals surface area (Å²) >= 11 is 0. The number of hydrogen-bond acceptors (Lipinski definition) is 4. The SMILES string of the molecule is CC(NC(=O)c1ccccc1)C(=O)N1CCC2(CCCC2C(=O)N(C)Cc2ccc(-n3ccnc3)cc2)C1. The summed E-state index contributed by atoms with van der Waals surface area (Å²) in [5.74, 6) is -0.282. The Bertz CT molecular complexity index is 1270. The van der Waals surface area contributed by atoms with Crippen LogP contribution in [-0.4, -0.2) is 63.3 Å². The van der Waals surface area contributed by atoms with Crippen LogP contribution in [0.5, 0.6) is 0 Å². The average molecular weight is 514 g/mol. The minimum atomic E-state index is -0.624. The zero-order valence-corrected chi connectivity index (χ0v) is 22.0. The van der Waals surface area contributed by atoms with Crippen molar-refractivity contribution in [3.8, 4) is 5.69 Å². The van der Waals surface area contributed by atoms with Crippen molar-refractivity contribution in [3.63, 3.8) is 0 Å². The van der Waals surface area contributed by atoms with E-state index in [1.165, 1.54) is 0 Å². The maximum Gasteiger partial charge on any atom is 0.251 e. The maximum absolute atomic E-state index is 13.6. The smallest absolute Gasteiger partial charge is 0.251 e. The van der Waals surface area contributed by atoms with Crippen LogP contribution < -0.4 is 5.32 Å². The summed E-state index contributed by atoms with van der Waals surface area (Å²) in [5, 5.41) is 2.83. The fourth-order valence-corrected chi connectivity index (χ4v) is 6.10. The largest absolute Gasteiger partial charge is 0.341 e. The van der Waals surface area contributed by atoms with Gasteiger partial charge in [0.1, 0.15) is 6.04 Å². The molecule has 1 saturated carbocycles. The molecule has 8 nitrogen and oxygen atoms in total. The number of imidazole rings is 1. The summed E-state index contributed by atoms with van der Waals surface area (Å²) in [6, 6.07) is 16.5. The van der Waals surface area contributed by atoms with Gasteiger partial charge in [0.05, 0.1) is 6.33 Å². The Morgan fingerprint density at radius 3 is 2.58 bits per heavy atom. The Morgan fingerprint density at radius 2 is 1.87 bits per heavy atom. The first kappa shape index (κ1) is 25.7. The van der Waals surface area contributed by atoms with Crippen LogP contribution in [0, 0.1) is 11.3 Å². The number of carbonyl (C=O) groups excluding carboxylic acids is 3. The van der Waals surface area contributed by atoms with E-state index in [4.69, 9.17) is 0 Å². The zero-order chi connectivity index (χ0) is 26.7. The van der Waals surface area contributed by atoms with Crippen LogP contribution in [0.2, 0.25) is 0 Å². The lowest BCUT2D eigenvalue weighted by Crippen LogP contribution is -2.47. The van der Waals surface area contributed by atoms with E-state index in [1.54, 1.807) is 43.7 Å². The predicted octanol–water partition coefficient (Wildman–Crippen LogP) is 3.67. The fraction of sp³-hybridized carbons (Fsp3) is 0.400. The molecule has 8 heteroatoms. The van der Waals surface area contributed by atoms with E-state index in [0.29, 0.717) is 25.2 Å². The second-order valence-electron chi connectivity index (χ2n) is 10.7. The van der Waals surface area contributed by atoms with E-state index in [9.17, 15) is 14.4 Å². The van der Waals surface area contributed by atoms with E-state index in [-0.39, 0.29) is 29.1 Å². The molecule has 2 fully saturated rings. The molecule has 1 spiro atoms. The first-order valence-corrected chi connectivity index (χ1v) is 13.3. The third-order valence-electron chi connectivity index (χ3n) is 8.19. The van der Waals surface area contributed by atoms with Crippen molar-refractivity contribution in [2.45, 2.75) is 45.2 Å². The summed E-state index contributed by atoms with van der Waals surface area (Å²) in [7, 11) is 1.87. The number of nitrogens with zero attached hydrogens (tertiary/aromatic N) is 4. The number of aromatic nitrogens is 2. The highest BCUT2D eigenvalue weighted by Gasteiger charge is 2.52. The Morgan fingerprint density at radius 1 is 1.11 bits per heavy atom. The lowest BCUT2D eigenvalue weighted by Gasteiger charge is -2.33. The van der Waals surface area contributed by atoms with Gasteiger partial charge in [0.15, 0.2) is 0 Å². The molecule has 0 bridgehead atoms. The van der Waals surface area contributed by atoms with Gasteiger partial charge < -0.3 is 19.7 Å². The summed E-state index contributed by atoms with van der Waals surface area (Å²) in [4.78, 5) is 47.2. The zero-order valence-electron chi connectivity index (χ0n) is 22.0. The molecule has 3 aromatic rings. The Kier molecular flexibility index (Phi) is 7.31. The highest BCUT2D eigenvalue weighted by Crippen LogP contribution is 2.50. The molecular weight excluding hydrogens is 478 g/mol. The summed E-state index contributed by atoms with van der Waals surface area (Å²) in [6.07, 6.45) is 9.02. The Labute approximate surface area is 223 Å². The second kappa shape index (κ2) is 10.8. The van der Waals surface area contributed by atoms with Crippen molar-refractivity contribution in [1.29, 1.82) is 0 Å². The second-order valence-corrected chi connectivity index (χ2v) is 10.7. The minimum absolute atomic E-state index is 0.0874. The number of nitrogens with one attached hydrogen (secondary N) is 1. The summed E-state index contributed by atoms with van der Waals surface area (Å²) in [5.41, 5.74) is 2.45. The molecule has 1 saturated heterocycles. The monoisotopic (exact) mass is 513 g/mol. The molecule has 38 heavy (non-hydrogen) atoms. The predicted molar refractivity (Wildman–Crippen MR) is 144 cm³/mol. The van der Waals surface area contributed by atoms with Crippen molar-refractivity contribution < 1.29 is 14.4 Å². The molecule has 1 N–H and O–H groups in total. The van der Waals surface area contributed by atoms with Gasteiger partial charge in [-0.15, -0.1) is 0 Å². The quantitative estimate of drug-likeness (QED) is 0.522. The van der Waals surface area contributed by atoms with Gasteiger partial charge in [-0.2, -0.15) is 0 Å². The Balaban J connectivity index is 1.19. The first-order chi connectivity index (χ1) is 18.4. The minimum Gasteiger partial charge on any atom is -0.341 e. The van der Waals surface area contributed by atoms with Gasteiger partial charge in [0, 0.05) is 61.7 Å². The van der Waals surface area contributed by atoms with Crippen LogP contribution in [0.1, 0.15) is 48.5 Å². The van der Waals surface area contributed by atoms with Crippen LogP contribution in [0.15, 0.2) is 73.3 Å². The van der Waals surface area contributed by atoms with Crippen LogP contribution in [0.25, 0.3) is 5.69 Å². The van der Waals surface area contributed by atoms with Crippen molar-refractivity contribution in [1.82, 2.24) is 24.7 Å². The van der Waals surface area contributed by atoms with Crippen molar-refractivity contribution in [3.05, 3.63) is 84.4 Å². The molecule has 2 aromatic carbocycles. The number of rotatable bonds is 7. The number of amides is 3. The average Bonchev–Trinajstić information content (AvgIpc) is 3.71. The van der Waals surface area contributed by atoms with Crippen LogP contribution >= 0.6 is 0 Å². The molecule has 5 rings (SSSR count). The van der Waals surface area contributed by atoms with Gasteiger partial charge in [0.2, 0.25) is 11.8 Å².